The van der Waals surface area contributed by atoms with Gasteiger partial charge in [-0.3, -0.25) is 0 Å². The molecular formula is C29H31F3O. The lowest BCUT2D eigenvalue weighted by atomic mass is 9.90. The van der Waals surface area contributed by atoms with Gasteiger partial charge in [-0.05, 0) is 48.1 Å². The second-order valence-electron chi connectivity index (χ2n) is 9.03. The maximum atomic E-state index is 15.2. The van der Waals surface area contributed by atoms with Crippen LogP contribution in [0.4, 0.5) is 13.2 Å². The Morgan fingerprint density at radius 1 is 0.758 bits per heavy atom. The van der Waals surface area contributed by atoms with Crippen molar-refractivity contribution in [1.82, 2.24) is 0 Å². The highest BCUT2D eigenvalue weighted by atomic mass is 19.3. The highest BCUT2D eigenvalue weighted by molar-refractivity contribution is 5.80. The quantitative estimate of drug-likeness (QED) is 0.294. The van der Waals surface area contributed by atoms with Gasteiger partial charge >= 0.3 is 6.11 Å². The van der Waals surface area contributed by atoms with Gasteiger partial charge in [0.25, 0.3) is 0 Å². The van der Waals surface area contributed by atoms with Crippen molar-refractivity contribution in [3.63, 3.8) is 0 Å². The van der Waals surface area contributed by atoms with Crippen LogP contribution in [0.3, 0.4) is 0 Å². The summed E-state index contributed by atoms with van der Waals surface area (Å²) in [6.45, 7) is 4.16. The Hall–Kier alpha value is -2.75. The largest absolute Gasteiger partial charge is 0.427 e. The molecule has 0 spiro atoms. The Balaban J connectivity index is 1.56. The van der Waals surface area contributed by atoms with E-state index >= 15 is 13.2 Å². The minimum Gasteiger partial charge on any atom is -0.425 e. The normalized spacial score (nSPS) is 13.8. The maximum Gasteiger partial charge on any atom is 0.427 e. The molecule has 0 atom stereocenters. The Morgan fingerprint density at radius 2 is 1.39 bits per heavy atom. The van der Waals surface area contributed by atoms with Crippen LogP contribution < -0.4 is 4.74 Å². The summed E-state index contributed by atoms with van der Waals surface area (Å²) in [4.78, 5) is 0. The molecular weight excluding hydrogens is 421 g/mol. The molecule has 0 bridgehead atoms. The number of ether oxygens (including phenoxy) is 1. The number of rotatable bonds is 9. The van der Waals surface area contributed by atoms with Crippen molar-refractivity contribution < 1.29 is 17.9 Å². The summed E-state index contributed by atoms with van der Waals surface area (Å²) in [5, 5.41) is 0. The van der Waals surface area contributed by atoms with E-state index in [1.165, 1.54) is 31.7 Å². The molecule has 4 heteroatoms. The van der Waals surface area contributed by atoms with E-state index in [4.69, 9.17) is 4.74 Å². The zero-order chi connectivity index (χ0) is 23.4. The summed E-state index contributed by atoms with van der Waals surface area (Å²) in [5.41, 5.74) is 3.54. The lowest BCUT2D eigenvalue weighted by molar-refractivity contribution is -0.188. The molecule has 3 aromatic rings. The van der Waals surface area contributed by atoms with Gasteiger partial charge in [0.2, 0.25) is 0 Å². The number of unbranched alkanes of at least 4 members (excludes halogenated alkanes) is 6. The predicted molar refractivity (Wildman–Crippen MR) is 128 cm³/mol. The first-order chi connectivity index (χ1) is 15.9. The van der Waals surface area contributed by atoms with Crippen molar-refractivity contribution in [3.05, 3.63) is 77.1 Å². The zero-order valence-corrected chi connectivity index (χ0v) is 19.4. The third-order valence-corrected chi connectivity index (χ3v) is 6.47. The van der Waals surface area contributed by atoms with Crippen LogP contribution in [-0.2, 0) is 12.5 Å². The number of hydrogen-bond donors (Lipinski definition) is 0. The molecule has 0 saturated carbocycles. The first kappa shape index (κ1) is 23.4. The van der Waals surface area contributed by atoms with E-state index < -0.39 is 11.9 Å². The molecule has 0 unspecified atom stereocenters. The summed E-state index contributed by atoms with van der Waals surface area (Å²) < 4.78 is 50.2. The second kappa shape index (κ2) is 10.0. The fourth-order valence-electron chi connectivity index (χ4n) is 4.50. The SMILES string of the molecule is CCCCCCCCCc1ccc2c(c1F)OC(F)(F)c1cc(-c3ccc(C)cc3)ccc1-2. The smallest absolute Gasteiger partial charge is 0.425 e. The third-order valence-electron chi connectivity index (χ3n) is 6.47. The van der Waals surface area contributed by atoms with Crippen LogP contribution in [0.25, 0.3) is 22.3 Å². The average molecular weight is 453 g/mol. The predicted octanol–water partition coefficient (Wildman–Crippen LogP) is 9.20. The second-order valence-corrected chi connectivity index (χ2v) is 9.03. The first-order valence-corrected chi connectivity index (χ1v) is 12.0. The molecule has 4 rings (SSSR count). The highest BCUT2D eigenvalue weighted by Crippen LogP contribution is 2.49. The zero-order valence-electron chi connectivity index (χ0n) is 19.4. The van der Waals surface area contributed by atoms with Gasteiger partial charge in [0.05, 0.1) is 5.56 Å². The number of alkyl halides is 2. The summed E-state index contributed by atoms with van der Waals surface area (Å²) >= 11 is 0. The topological polar surface area (TPSA) is 9.23 Å². The van der Waals surface area contributed by atoms with E-state index in [1.54, 1.807) is 24.3 Å². The molecule has 0 radical (unpaired) electrons. The Labute approximate surface area is 194 Å². The van der Waals surface area contributed by atoms with Crippen molar-refractivity contribution in [2.24, 2.45) is 0 Å². The van der Waals surface area contributed by atoms with E-state index in [0.29, 0.717) is 28.7 Å². The van der Waals surface area contributed by atoms with E-state index in [1.807, 2.05) is 31.2 Å². The van der Waals surface area contributed by atoms with Crippen molar-refractivity contribution in [2.45, 2.75) is 71.3 Å². The molecule has 33 heavy (non-hydrogen) atoms. The minimum absolute atomic E-state index is 0.229. The fourth-order valence-corrected chi connectivity index (χ4v) is 4.50. The Kier molecular flexibility index (Phi) is 7.11. The maximum absolute atomic E-state index is 15.2. The lowest BCUT2D eigenvalue weighted by Crippen LogP contribution is -2.27. The molecule has 0 amide bonds. The van der Waals surface area contributed by atoms with Crippen LogP contribution in [0.15, 0.2) is 54.6 Å². The average Bonchev–Trinajstić information content (AvgIpc) is 2.80. The number of fused-ring (bicyclic) bond motifs is 3. The van der Waals surface area contributed by atoms with Crippen molar-refractivity contribution in [1.29, 1.82) is 0 Å². The van der Waals surface area contributed by atoms with Gasteiger partial charge in [-0.15, -0.1) is 0 Å². The molecule has 1 nitrogen and oxygen atoms in total. The molecule has 0 aliphatic carbocycles. The van der Waals surface area contributed by atoms with Crippen molar-refractivity contribution >= 4 is 0 Å². The molecule has 174 valence electrons. The van der Waals surface area contributed by atoms with Crippen LogP contribution in [0, 0.1) is 12.7 Å². The summed E-state index contributed by atoms with van der Waals surface area (Å²) in [6, 6.07) is 16.0. The number of hydrogen-bond acceptors (Lipinski definition) is 1. The molecule has 3 aromatic carbocycles. The summed E-state index contributed by atoms with van der Waals surface area (Å²) in [5.74, 6) is -0.998. The summed E-state index contributed by atoms with van der Waals surface area (Å²) in [6.07, 6.45) is 4.80. The molecule has 0 fully saturated rings. The number of aryl methyl sites for hydroxylation is 2. The molecule has 0 aromatic heterocycles. The van der Waals surface area contributed by atoms with Gasteiger partial charge < -0.3 is 4.74 Å². The molecule has 1 heterocycles. The van der Waals surface area contributed by atoms with E-state index in [2.05, 4.69) is 6.92 Å². The molecule has 0 N–H and O–H groups in total. The van der Waals surface area contributed by atoms with Crippen molar-refractivity contribution in [2.75, 3.05) is 0 Å². The van der Waals surface area contributed by atoms with Crippen LogP contribution >= 0.6 is 0 Å². The number of halogens is 3. The Bertz CT molecular complexity index is 1100. The van der Waals surface area contributed by atoms with Crippen LogP contribution in [0.2, 0.25) is 0 Å². The third kappa shape index (κ3) is 5.10. The van der Waals surface area contributed by atoms with Gasteiger partial charge in [-0.25, -0.2) is 4.39 Å². The molecule has 1 aliphatic heterocycles. The highest BCUT2D eigenvalue weighted by Gasteiger charge is 2.43. The number of benzene rings is 3. The van der Waals surface area contributed by atoms with Crippen LogP contribution in [-0.4, -0.2) is 0 Å². The first-order valence-electron chi connectivity index (χ1n) is 12.0. The lowest BCUT2D eigenvalue weighted by Gasteiger charge is -2.29. The standard InChI is InChI=1S/C29H31F3O/c1-3-4-5-6-7-8-9-10-22-15-18-25-24-17-16-23(21-13-11-20(2)12-14-21)19-26(24)29(31,32)33-28(25)27(22)30/h11-19H,3-10H2,1-2H3. The van der Waals surface area contributed by atoms with E-state index in [-0.39, 0.29) is 11.3 Å². The minimum atomic E-state index is -3.60. The van der Waals surface area contributed by atoms with Gasteiger partial charge in [0.15, 0.2) is 11.6 Å². The van der Waals surface area contributed by atoms with Gasteiger partial charge in [-0.1, -0.05) is 99.5 Å². The van der Waals surface area contributed by atoms with Crippen LogP contribution in [0.5, 0.6) is 5.75 Å². The summed E-state index contributed by atoms with van der Waals surface area (Å²) in [7, 11) is 0. The van der Waals surface area contributed by atoms with Gasteiger partial charge in [-0.2, -0.15) is 8.78 Å². The monoisotopic (exact) mass is 452 g/mol. The van der Waals surface area contributed by atoms with Crippen molar-refractivity contribution in [3.8, 4) is 28.0 Å². The van der Waals surface area contributed by atoms with E-state index in [9.17, 15) is 0 Å². The Morgan fingerprint density at radius 3 is 2.12 bits per heavy atom. The molecule has 1 aliphatic rings. The fraction of sp³-hybridized carbons (Fsp3) is 0.379. The van der Waals surface area contributed by atoms with Gasteiger partial charge in [0.1, 0.15) is 0 Å². The molecule has 0 saturated heterocycles. The van der Waals surface area contributed by atoms with Gasteiger partial charge in [0, 0.05) is 5.56 Å². The van der Waals surface area contributed by atoms with Crippen LogP contribution in [0.1, 0.15) is 68.6 Å². The van der Waals surface area contributed by atoms with E-state index in [0.717, 1.165) is 30.4 Å².